The number of nitrogens with one attached hydrogen (secondary N) is 2. The number of anilines is 3. The van der Waals surface area contributed by atoms with Crippen molar-refractivity contribution in [2.75, 3.05) is 24.3 Å². The molecule has 0 bridgehead atoms. The molecule has 4 aromatic rings. The van der Waals surface area contributed by atoms with Crippen LogP contribution in [0.3, 0.4) is 0 Å². The van der Waals surface area contributed by atoms with Gasteiger partial charge in [-0.2, -0.15) is 0 Å². The van der Waals surface area contributed by atoms with Crippen LogP contribution in [0.15, 0.2) is 72.9 Å². The average molecular weight is 411 g/mol. The topological polar surface area (TPSA) is 59.1 Å². The van der Waals surface area contributed by atoms with E-state index in [0.29, 0.717) is 6.54 Å². The highest BCUT2D eigenvalue weighted by atomic mass is 16.5. The Morgan fingerprint density at radius 2 is 1.81 bits per heavy atom. The summed E-state index contributed by atoms with van der Waals surface area (Å²) < 4.78 is 5.57. The van der Waals surface area contributed by atoms with Crippen LogP contribution < -0.4 is 15.4 Å². The molecule has 0 unspecified atom stereocenters. The zero-order chi connectivity index (χ0) is 21.6. The van der Waals surface area contributed by atoms with Crippen LogP contribution in [0.1, 0.15) is 16.8 Å². The quantitative estimate of drug-likeness (QED) is 0.384. The maximum atomic E-state index is 5.57. The third kappa shape index (κ3) is 4.51. The van der Waals surface area contributed by atoms with E-state index in [1.54, 1.807) is 13.3 Å². The third-order valence-corrected chi connectivity index (χ3v) is 5.18. The molecule has 156 valence electrons. The number of methoxy groups -OCH3 is 1. The number of para-hydroxylation sites is 2. The monoisotopic (exact) mass is 410 g/mol. The minimum Gasteiger partial charge on any atom is -0.494 e. The summed E-state index contributed by atoms with van der Waals surface area (Å²) in [6.45, 7) is 4.79. The number of pyridine rings is 2. The Morgan fingerprint density at radius 1 is 0.968 bits per heavy atom. The zero-order valence-corrected chi connectivity index (χ0v) is 18.0. The van der Waals surface area contributed by atoms with Gasteiger partial charge in [0.25, 0.3) is 0 Å². The molecule has 31 heavy (non-hydrogen) atoms. The van der Waals surface area contributed by atoms with Gasteiger partial charge >= 0.3 is 0 Å². The van der Waals surface area contributed by atoms with Gasteiger partial charge in [0.05, 0.1) is 12.8 Å². The summed E-state index contributed by atoms with van der Waals surface area (Å²) in [4.78, 5) is 9.16. The first kappa shape index (κ1) is 20.4. The molecule has 2 N–H and O–H groups in total. The first-order valence-electron chi connectivity index (χ1n) is 10.3. The maximum Gasteiger partial charge on any atom is 0.145 e. The van der Waals surface area contributed by atoms with Gasteiger partial charge in [-0.3, -0.25) is 0 Å². The molecule has 0 aliphatic heterocycles. The standard InChI is InChI=1S/C26H26N4O/c1-18-10-4-5-13-22(18)30-25-20(12-9-17-28-24-15-6-7-16-27-24)19(2)29-26-21(25)11-8-14-23(26)31-3/h4-16H,17H2,1-3H3,(H,27,28)(H,29,30). The minimum absolute atomic E-state index is 0.663. The van der Waals surface area contributed by atoms with Crippen LogP contribution in [0, 0.1) is 13.8 Å². The minimum atomic E-state index is 0.663. The fourth-order valence-corrected chi connectivity index (χ4v) is 3.55. The molecule has 0 spiro atoms. The highest BCUT2D eigenvalue weighted by Gasteiger charge is 2.14. The van der Waals surface area contributed by atoms with Crippen LogP contribution in [0.4, 0.5) is 17.2 Å². The Kier molecular flexibility index (Phi) is 6.13. The Bertz CT molecular complexity index is 1220. The van der Waals surface area contributed by atoms with Gasteiger partial charge in [-0.05, 0) is 43.7 Å². The highest BCUT2D eigenvalue weighted by Crippen LogP contribution is 2.36. The number of hydrogen-bond donors (Lipinski definition) is 2. The van der Waals surface area contributed by atoms with E-state index in [9.17, 15) is 0 Å². The number of ether oxygens (including phenoxy) is 1. The van der Waals surface area contributed by atoms with Crippen molar-refractivity contribution in [2.24, 2.45) is 0 Å². The molecule has 0 saturated heterocycles. The zero-order valence-electron chi connectivity index (χ0n) is 18.0. The smallest absolute Gasteiger partial charge is 0.145 e. The van der Waals surface area contributed by atoms with Crippen molar-refractivity contribution >= 4 is 34.2 Å². The Balaban J connectivity index is 1.75. The molecule has 5 heteroatoms. The van der Waals surface area contributed by atoms with Crippen molar-refractivity contribution < 1.29 is 4.74 Å². The molecule has 5 nitrogen and oxygen atoms in total. The van der Waals surface area contributed by atoms with Crippen LogP contribution in [-0.4, -0.2) is 23.6 Å². The van der Waals surface area contributed by atoms with E-state index in [1.165, 1.54) is 5.56 Å². The van der Waals surface area contributed by atoms with Gasteiger partial charge in [0.1, 0.15) is 17.1 Å². The normalized spacial score (nSPS) is 11.1. The number of rotatable bonds is 7. The fraction of sp³-hybridized carbons (Fsp3) is 0.154. The van der Waals surface area contributed by atoms with Gasteiger partial charge in [0.2, 0.25) is 0 Å². The SMILES string of the molecule is COc1cccc2c(Nc3ccccc3C)c(C=CCNc3ccccn3)c(C)nc12. The maximum absolute atomic E-state index is 5.57. The highest BCUT2D eigenvalue weighted by molar-refractivity contribution is 6.00. The third-order valence-electron chi connectivity index (χ3n) is 5.18. The van der Waals surface area contributed by atoms with E-state index in [0.717, 1.165) is 45.1 Å². The Labute approximate surface area is 182 Å². The van der Waals surface area contributed by atoms with E-state index >= 15 is 0 Å². The summed E-state index contributed by atoms with van der Waals surface area (Å²) in [5.41, 5.74) is 6.10. The van der Waals surface area contributed by atoms with E-state index in [-0.39, 0.29) is 0 Å². The van der Waals surface area contributed by atoms with Crippen LogP contribution >= 0.6 is 0 Å². The van der Waals surface area contributed by atoms with Gasteiger partial charge in [-0.1, -0.05) is 48.6 Å². The van der Waals surface area contributed by atoms with Crippen LogP contribution in [-0.2, 0) is 0 Å². The summed E-state index contributed by atoms with van der Waals surface area (Å²) in [5.74, 6) is 1.62. The molecule has 2 aromatic carbocycles. The van der Waals surface area contributed by atoms with Crippen LogP contribution in [0.2, 0.25) is 0 Å². The molecule has 0 atom stereocenters. The molecule has 0 saturated carbocycles. The van der Waals surface area contributed by atoms with E-state index in [2.05, 4.69) is 52.9 Å². The van der Waals surface area contributed by atoms with Gasteiger partial charge in [0.15, 0.2) is 0 Å². The number of hydrogen-bond acceptors (Lipinski definition) is 5. The summed E-state index contributed by atoms with van der Waals surface area (Å²) in [6.07, 6.45) is 5.98. The van der Waals surface area contributed by atoms with Gasteiger partial charge in [-0.15, -0.1) is 0 Å². The predicted molar refractivity (Wildman–Crippen MR) is 129 cm³/mol. The van der Waals surface area contributed by atoms with Crippen molar-refractivity contribution in [3.8, 4) is 5.75 Å². The van der Waals surface area contributed by atoms with Crippen LogP contribution in [0.25, 0.3) is 17.0 Å². The molecule has 0 fully saturated rings. The second kappa shape index (κ2) is 9.30. The second-order valence-electron chi connectivity index (χ2n) is 7.28. The molecular formula is C26H26N4O. The molecule has 0 aliphatic rings. The Hall–Kier alpha value is -3.86. The molecule has 2 aromatic heterocycles. The number of nitrogens with zero attached hydrogens (tertiary/aromatic N) is 2. The van der Waals surface area contributed by atoms with E-state index < -0.39 is 0 Å². The first-order valence-corrected chi connectivity index (χ1v) is 10.3. The van der Waals surface area contributed by atoms with Crippen LogP contribution in [0.5, 0.6) is 5.75 Å². The average Bonchev–Trinajstić information content (AvgIpc) is 2.79. The Morgan fingerprint density at radius 3 is 2.58 bits per heavy atom. The lowest BCUT2D eigenvalue weighted by Gasteiger charge is -2.18. The van der Waals surface area contributed by atoms with Gasteiger partial charge < -0.3 is 15.4 Å². The number of benzene rings is 2. The first-order chi connectivity index (χ1) is 15.2. The molecule has 0 aliphatic carbocycles. The van der Waals surface area contributed by atoms with Crippen molar-refractivity contribution in [1.82, 2.24) is 9.97 Å². The van der Waals surface area contributed by atoms with E-state index in [1.807, 2.05) is 49.4 Å². The molecule has 0 amide bonds. The summed E-state index contributed by atoms with van der Waals surface area (Å²) in [6, 6.07) is 20.1. The number of fused-ring (bicyclic) bond motifs is 1. The lowest BCUT2D eigenvalue weighted by molar-refractivity contribution is 0.419. The molecule has 2 heterocycles. The number of aryl methyl sites for hydroxylation is 2. The fourth-order valence-electron chi connectivity index (χ4n) is 3.55. The van der Waals surface area contributed by atoms with E-state index in [4.69, 9.17) is 9.72 Å². The predicted octanol–water partition coefficient (Wildman–Crippen LogP) is 6.12. The summed E-state index contributed by atoms with van der Waals surface area (Å²) in [5, 5.41) is 7.98. The lowest BCUT2D eigenvalue weighted by Crippen LogP contribution is -2.03. The van der Waals surface area contributed by atoms with Crippen molar-refractivity contribution in [3.05, 3.63) is 89.8 Å². The molecule has 0 radical (unpaired) electrons. The second-order valence-corrected chi connectivity index (χ2v) is 7.28. The van der Waals surface area contributed by atoms with Gasteiger partial charge in [0, 0.05) is 35.1 Å². The lowest BCUT2D eigenvalue weighted by atomic mass is 10.0. The van der Waals surface area contributed by atoms with Crippen molar-refractivity contribution in [2.45, 2.75) is 13.8 Å². The van der Waals surface area contributed by atoms with Crippen molar-refractivity contribution in [1.29, 1.82) is 0 Å². The largest absolute Gasteiger partial charge is 0.494 e. The molecular weight excluding hydrogens is 384 g/mol. The van der Waals surface area contributed by atoms with Gasteiger partial charge in [-0.25, -0.2) is 9.97 Å². The molecule has 4 rings (SSSR count). The number of aromatic nitrogens is 2. The van der Waals surface area contributed by atoms with Crippen molar-refractivity contribution in [3.63, 3.8) is 0 Å². The summed E-state index contributed by atoms with van der Waals surface area (Å²) in [7, 11) is 1.68. The summed E-state index contributed by atoms with van der Waals surface area (Å²) >= 11 is 0.